The fourth-order valence-corrected chi connectivity index (χ4v) is 2.06. The zero-order valence-corrected chi connectivity index (χ0v) is 10.7. The van der Waals surface area contributed by atoms with Gasteiger partial charge in [0.05, 0.1) is 0 Å². The van der Waals surface area contributed by atoms with Crippen molar-refractivity contribution in [2.24, 2.45) is 5.92 Å². The first-order valence-electron chi connectivity index (χ1n) is 6.68. The molecule has 0 aromatic heterocycles. The molecule has 1 unspecified atom stereocenters. The van der Waals surface area contributed by atoms with Gasteiger partial charge in [0.1, 0.15) is 0 Å². The number of nitrogens with one attached hydrogen (secondary N) is 2. The molecule has 0 aromatic rings. The molecule has 3 nitrogen and oxygen atoms in total. The van der Waals surface area contributed by atoms with Crippen LogP contribution >= 0.6 is 0 Å². The summed E-state index contributed by atoms with van der Waals surface area (Å²) in [4.78, 5) is 11.5. The largest absolute Gasteiger partial charge is 0.356 e. The maximum atomic E-state index is 11.5. The Morgan fingerprint density at radius 2 is 2.25 bits per heavy atom. The fraction of sp³-hybridized carbons (Fsp3) is 0.923. The Morgan fingerprint density at radius 3 is 2.88 bits per heavy atom. The summed E-state index contributed by atoms with van der Waals surface area (Å²) in [6.45, 7) is 6.31. The van der Waals surface area contributed by atoms with Crippen molar-refractivity contribution in [2.75, 3.05) is 13.1 Å². The Morgan fingerprint density at radius 1 is 1.44 bits per heavy atom. The quantitative estimate of drug-likeness (QED) is 0.728. The van der Waals surface area contributed by atoms with Crippen molar-refractivity contribution in [1.82, 2.24) is 10.6 Å². The molecule has 3 heteroatoms. The molecule has 16 heavy (non-hydrogen) atoms. The van der Waals surface area contributed by atoms with Crippen molar-refractivity contribution in [1.29, 1.82) is 0 Å². The predicted molar refractivity (Wildman–Crippen MR) is 67.3 cm³/mol. The third-order valence-corrected chi connectivity index (χ3v) is 3.18. The summed E-state index contributed by atoms with van der Waals surface area (Å²) in [6, 6.07) is 0.574. The molecule has 1 fully saturated rings. The van der Waals surface area contributed by atoms with Crippen molar-refractivity contribution >= 4 is 5.91 Å². The number of piperidine rings is 1. The highest BCUT2D eigenvalue weighted by atomic mass is 16.1. The topological polar surface area (TPSA) is 41.1 Å². The molecule has 0 bridgehead atoms. The van der Waals surface area contributed by atoms with Gasteiger partial charge in [0, 0.05) is 19.0 Å². The maximum Gasteiger partial charge on any atom is 0.220 e. The summed E-state index contributed by atoms with van der Waals surface area (Å²) in [5.41, 5.74) is 0. The molecule has 1 saturated heterocycles. The number of carbonyl (C=O) groups is 1. The van der Waals surface area contributed by atoms with E-state index in [1.165, 1.54) is 19.3 Å². The third-order valence-electron chi connectivity index (χ3n) is 3.18. The average Bonchev–Trinajstić information content (AvgIpc) is 2.27. The fourth-order valence-electron chi connectivity index (χ4n) is 2.06. The standard InChI is InChI=1S/C13H26N2O/c1-11(2)8-10-15-13(16)7-6-12-5-3-4-9-14-12/h11-12,14H,3-10H2,1-2H3,(H,15,16). The normalized spacial score (nSPS) is 21.1. The van der Waals surface area contributed by atoms with Crippen LogP contribution in [0.1, 0.15) is 52.4 Å². The van der Waals surface area contributed by atoms with Crippen LogP contribution < -0.4 is 10.6 Å². The lowest BCUT2D eigenvalue weighted by Crippen LogP contribution is -2.35. The molecule has 0 saturated carbocycles. The first kappa shape index (κ1) is 13.5. The van der Waals surface area contributed by atoms with Crippen LogP contribution in [0, 0.1) is 5.92 Å². The van der Waals surface area contributed by atoms with E-state index in [4.69, 9.17) is 0 Å². The van der Waals surface area contributed by atoms with Gasteiger partial charge in [0.2, 0.25) is 5.91 Å². The molecule has 1 heterocycles. The van der Waals surface area contributed by atoms with Gasteiger partial charge >= 0.3 is 0 Å². The molecule has 94 valence electrons. The van der Waals surface area contributed by atoms with Crippen LogP contribution in [0.2, 0.25) is 0 Å². The highest BCUT2D eigenvalue weighted by molar-refractivity contribution is 5.75. The van der Waals surface area contributed by atoms with Crippen LogP contribution in [0.4, 0.5) is 0 Å². The van der Waals surface area contributed by atoms with E-state index in [0.29, 0.717) is 18.4 Å². The summed E-state index contributed by atoms with van der Waals surface area (Å²) in [7, 11) is 0. The number of hydrogen-bond acceptors (Lipinski definition) is 2. The molecule has 0 aromatic carbocycles. The molecule has 1 aliphatic rings. The molecule has 0 spiro atoms. The number of rotatable bonds is 6. The molecular formula is C13H26N2O. The molecule has 1 aliphatic heterocycles. The summed E-state index contributed by atoms with van der Waals surface area (Å²) < 4.78 is 0. The van der Waals surface area contributed by atoms with Crippen molar-refractivity contribution in [2.45, 2.75) is 58.4 Å². The van der Waals surface area contributed by atoms with Crippen molar-refractivity contribution in [3.8, 4) is 0 Å². The summed E-state index contributed by atoms with van der Waals surface area (Å²) in [5, 5.41) is 6.46. The maximum absolute atomic E-state index is 11.5. The van der Waals surface area contributed by atoms with Crippen molar-refractivity contribution < 1.29 is 4.79 Å². The Bertz CT molecular complexity index is 198. The van der Waals surface area contributed by atoms with Crippen LogP contribution in [0.15, 0.2) is 0 Å². The van der Waals surface area contributed by atoms with E-state index in [-0.39, 0.29) is 5.91 Å². The Kier molecular flexibility index (Phi) is 6.46. The molecular weight excluding hydrogens is 200 g/mol. The molecule has 2 N–H and O–H groups in total. The van der Waals surface area contributed by atoms with Crippen molar-refractivity contribution in [3.05, 3.63) is 0 Å². The van der Waals surface area contributed by atoms with Gasteiger partial charge in [0.15, 0.2) is 0 Å². The van der Waals surface area contributed by atoms with Crippen LogP contribution in [0.5, 0.6) is 0 Å². The number of hydrogen-bond donors (Lipinski definition) is 2. The van der Waals surface area contributed by atoms with E-state index in [0.717, 1.165) is 25.9 Å². The number of amides is 1. The first-order chi connectivity index (χ1) is 7.68. The van der Waals surface area contributed by atoms with Gasteiger partial charge in [-0.05, 0) is 38.1 Å². The van der Waals surface area contributed by atoms with Crippen LogP contribution in [-0.4, -0.2) is 25.0 Å². The molecule has 1 amide bonds. The van der Waals surface area contributed by atoms with Gasteiger partial charge in [-0.1, -0.05) is 20.3 Å². The Hall–Kier alpha value is -0.570. The molecule has 0 aliphatic carbocycles. The van der Waals surface area contributed by atoms with Crippen LogP contribution in [-0.2, 0) is 4.79 Å². The highest BCUT2D eigenvalue weighted by Crippen LogP contribution is 2.11. The summed E-state index contributed by atoms with van der Waals surface area (Å²) in [5.74, 6) is 0.883. The highest BCUT2D eigenvalue weighted by Gasteiger charge is 2.13. The SMILES string of the molecule is CC(C)CCNC(=O)CCC1CCCCN1. The number of carbonyl (C=O) groups excluding carboxylic acids is 1. The van der Waals surface area contributed by atoms with Crippen molar-refractivity contribution in [3.63, 3.8) is 0 Å². The smallest absolute Gasteiger partial charge is 0.220 e. The lowest BCUT2D eigenvalue weighted by molar-refractivity contribution is -0.121. The van der Waals surface area contributed by atoms with Gasteiger partial charge in [-0.2, -0.15) is 0 Å². The summed E-state index contributed by atoms with van der Waals surface area (Å²) in [6.07, 6.45) is 6.58. The van der Waals surface area contributed by atoms with Gasteiger partial charge < -0.3 is 10.6 Å². The second-order valence-electron chi connectivity index (χ2n) is 5.22. The molecule has 1 rings (SSSR count). The minimum atomic E-state index is 0.216. The van der Waals surface area contributed by atoms with E-state index >= 15 is 0 Å². The lowest BCUT2D eigenvalue weighted by Gasteiger charge is -2.23. The molecule has 1 atom stereocenters. The monoisotopic (exact) mass is 226 g/mol. The zero-order valence-electron chi connectivity index (χ0n) is 10.7. The minimum Gasteiger partial charge on any atom is -0.356 e. The van der Waals surface area contributed by atoms with Gasteiger partial charge in [-0.25, -0.2) is 0 Å². The van der Waals surface area contributed by atoms with Gasteiger partial charge in [-0.3, -0.25) is 4.79 Å². The predicted octanol–water partition coefficient (Wildman–Crippen LogP) is 2.07. The molecule has 0 radical (unpaired) electrons. The Labute approximate surface area is 99.4 Å². The first-order valence-corrected chi connectivity index (χ1v) is 6.68. The second-order valence-corrected chi connectivity index (χ2v) is 5.22. The minimum absolute atomic E-state index is 0.216. The summed E-state index contributed by atoms with van der Waals surface area (Å²) >= 11 is 0. The van der Waals surface area contributed by atoms with E-state index in [2.05, 4.69) is 24.5 Å². The van der Waals surface area contributed by atoms with Crippen LogP contribution in [0.3, 0.4) is 0 Å². The van der Waals surface area contributed by atoms with Gasteiger partial charge in [-0.15, -0.1) is 0 Å². The Balaban J connectivity index is 2.00. The van der Waals surface area contributed by atoms with E-state index < -0.39 is 0 Å². The third kappa shape index (κ3) is 6.11. The average molecular weight is 226 g/mol. The van der Waals surface area contributed by atoms with E-state index in [1.54, 1.807) is 0 Å². The van der Waals surface area contributed by atoms with Crippen LogP contribution in [0.25, 0.3) is 0 Å². The van der Waals surface area contributed by atoms with Gasteiger partial charge in [0.25, 0.3) is 0 Å². The lowest BCUT2D eigenvalue weighted by atomic mass is 10.0. The van der Waals surface area contributed by atoms with E-state index in [1.807, 2.05) is 0 Å². The van der Waals surface area contributed by atoms with E-state index in [9.17, 15) is 4.79 Å². The zero-order chi connectivity index (χ0) is 11.8. The second kappa shape index (κ2) is 7.66.